The van der Waals surface area contributed by atoms with E-state index in [1.165, 1.54) is 0 Å². The Morgan fingerprint density at radius 3 is 2.71 bits per heavy atom. The van der Waals surface area contributed by atoms with Crippen molar-refractivity contribution in [3.05, 3.63) is 0 Å². The highest BCUT2D eigenvalue weighted by molar-refractivity contribution is 5.85. The molecule has 1 atom stereocenters. The molecule has 2 N–H and O–H groups in total. The SMILES string of the molecule is CC1(CNC(=O)CN2CCCCCCC2=O)CCC(=O)N1. The second kappa shape index (κ2) is 6.91. The van der Waals surface area contributed by atoms with E-state index < -0.39 is 0 Å². The van der Waals surface area contributed by atoms with Crippen molar-refractivity contribution < 1.29 is 14.4 Å². The van der Waals surface area contributed by atoms with Crippen molar-refractivity contribution in [3.63, 3.8) is 0 Å². The van der Waals surface area contributed by atoms with Crippen LogP contribution in [0.4, 0.5) is 0 Å². The molecule has 0 saturated carbocycles. The summed E-state index contributed by atoms with van der Waals surface area (Å²) in [7, 11) is 0. The van der Waals surface area contributed by atoms with Gasteiger partial charge in [0.15, 0.2) is 0 Å². The number of carbonyl (C=O) groups is 3. The van der Waals surface area contributed by atoms with Crippen molar-refractivity contribution in [2.24, 2.45) is 0 Å². The van der Waals surface area contributed by atoms with Crippen molar-refractivity contribution in [2.75, 3.05) is 19.6 Å². The third kappa shape index (κ3) is 4.72. The van der Waals surface area contributed by atoms with Gasteiger partial charge >= 0.3 is 0 Å². The largest absolute Gasteiger partial charge is 0.352 e. The fourth-order valence-electron chi connectivity index (χ4n) is 2.89. The molecule has 0 aromatic carbocycles. The van der Waals surface area contributed by atoms with Gasteiger partial charge in [-0.1, -0.05) is 12.8 Å². The molecular weight excluding hydrogens is 270 g/mol. The molecule has 2 aliphatic rings. The van der Waals surface area contributed by atoms with Crippen LogP contribution in [-0.2, 0) is 14.4 Å². The molecule has 0 bridgehead atoms. The van der Waals surface area contributed by atoms with Crippen molar-refractivity contribution in [3.8, 4) is 0 Å². The molecule has 2 saturated heterocycles. The highest BCUT2D eigenvalue weighted by atomic mass is 16.2. The molecule has 2 aliphatic heterocycles. The van der Waals surface area contributed by atoms with Crippen LogP contribution in [0.1, 0.15) is 51.9 Å². The summed E-state index contributed by atoms with van der Waals surface area (Å²) in [6, 6.07) is 0. The van der Waals surface area contributed by atoms with Crippen molar-refractivity contribution in [1.82, 2.24) is 15.5 Å². The lowest BCUT2D eigenvalue weighted by Gasteiger charge is -2.27. The number of carbonyl (C=O) groups excluding carboxylic acids is 3. The fraction of sp³-hybridized carbons (Fsp3) is 0.800. The van der Waals surface area contributed by atoms with Gasteiger partial charge < -0.3 is 15.5 Å². The molecule has 2 rings (SSSR count). The van der Waals surface area contributed by atoms with Gasteiger partial charge in [0.1, 0.15) is 0 Å². The highest BCUT2D eigenvalue weighted by Crippen LogP contribution is 2.18. The summed E-state index contributed by atoms with van der Waals surface area (Å²) in [4.78, 5) is 36.9. The Morgan fingerprint density at radius 1 is 1.24 bits per heavy atom. The summed E-state index contributed by atoms with van der Waals surface area (Å²) in [5.74, 6) is -0.0396. The Kier molecular flexibility index (Phi) is 5.20. The smallest absolute Gasteiger partial charge is 0.239 e. The lowest BCUT2D eigenvalue weighted by Crippen LogP contribution is -2.50. The van der Waals surface area contributed by atoms with Gasteiger partial charge in [-0.3, -0.25) is 14.4 Å². The van der Waals surface area contributed by atoms with Gasteiger partial charge in [-0.05, 0) is 26.2 Å². The molecule has 3 amide bonds. The standard InChI is InChI=1S/C15H25N3O3/c1-15(8-7-12(19)17-15)11-16-13(20)10-18-9-5-3-2-4-6-14(18)21/h2-11H2,1H3,(H,16,20)(H,17,19). The van der Waals surface area contributed by atoms with E-state index in [9.17, 15) is 14.4 Å². The van der Waals surface area contributed by atoms with E-state index in [2.05, 4.69) is 10.6 Å². The molecule has 6 heteroatoms. The summed E-state index contributed by atoms with van der Waals surface area (Å²) in [6.45, 7) is 3.14. The van der Waals surface area contributed by atoms with E-state index in [4.69, 9.17) is 0 Å². The molecule has 0 spiro atoms. The molecule has 0 aromatic heterocycles. The molecular formula is C15H25N3O3. The summed E-state index contributed by atoms with van der Waals surface area (Å²) in [5.41, 5.74) is -0.354. The predicted octanol–water partition coefficient (Wildman–Crippen LogP) is 0.564. The van der Waals surface area contributed by atoms with Crippen LogP contribution >= 0.6 is 0 Å². The number of likely N-dealkylation sites (tertiary alicyclic amines) is 1. The van der Waals surface area contributed by atoms with E-state index in [1.54, 1.807) is 4.90 Å². The third-order valence-electron chi connectivity index (χ3n) is 4.28. The number of rotatable bonds is 4. The molecule has 118 valence electrons. The van der Waals surface area contributed by atoms with E-state index in [-0.39, 0.29) is 29.8 Å². The zero-order valence-electron chi connectivity index (χ0n) is 12.7. The average molecular weight is 295 g/mol. The van der Waals surface area contributed by atoms with Crippen molar-refractivity contribution >= 4 is 17.7 Å². The molecule has 21 heavy (non-hydrogen) atoms. The number of amides is 3. The predicted molar refractivity (Wildman–Crippen MR) is 78.5 cm³/mol. The molecule has 1 unspecified atom stereocenters. The van der Waals surface area contributed by atoms with Gasteiger partial charge in [-0.25, -0.2) is 0 Å². The molecule has 0 radical (unpaired) electrons. The quantitative estimate of drug-likeness (QED) is 0.795. The van der Waals surface area contributed by atoms with Gasteiger partial charge in [-0.2, -0.15) is 0 Å². The molecule has 0 aliphatic carbocycles. The number of hydrogen-bond donors (Lipinski definition) is 2. The first kappa shape index (κ1) is 15.8. The normalized spacial score (nSPS) is 27.0. The van der Waals surface area contributed by atoms with Crippen LogP contribution in [0.25, 0.3) is 0 Å². The molecule has 2 fully saturated rings. The summed E-state index contributed by atoms with van der Waals surface area (Å²) < 4.78 is 0. The van der Waals surface area contributed by atoms with Crippen LogP contribution in [-0.4, -0.2) is 47.8 Å². The fourth-order valence-corrected chi connectivity index (χ4v) is 2.89. The zero-order valence-corrected chi connectivity index (χ0v) is 12.7. The minimum absolute atomic E-state index is 0.0331. The number of hydrogen-bond acceptors (Lipinski definition) is 3. The lowest BCUT2D eigenvalue weighted by molar-refractivity contribution is -0.136. The third-order valence-corrected chi connectivity index (χ3v) is 4.28. The van der Waals surface area contributed by atoms with E-state index in [1.807, 2.05) is 6.92 Å². The van der Waals surface area contributed by atoms with E-state index in [0.29, 0.717) is 25.9 Å². The summed E-state index contributed by atoms with van der Waals surface area (Å²) >= 11 is 0. The van der Waals surface area contributed by atoms with Gasteiger partial charge in [-0.15, -0.1) is 0 Å². The zero-order chi connectivity index (χ0) is 15.3. The molecule has 6 nitrogen and oxygen atoms in total. The van der Waals surface area contributed by atoms with E-state index >= 15 is 0 Å². The van der Waals surface area contributed by atoms with E-state index in [0.717, 1.165) is 32.1 Å². The van der Waals surface area contributed by atoms with Gasteiger partial charge in [0.05, 0.1) is 12.1 Å². The molecule has 2 heterocycles. The summed E-state index contributed by atoms with van der Waals surface area (Å²) in [6.07, 6.45) is 5.89. The second-order valence-electron chi connectivity index (χ2n) is 6.37. The Morgan fingerprint density at radius 2 is 2.00 bits per heavy atom. The second-order valence-corrected chi connectivity index (χ2v) is 6.37. The summed E-state index contributed by atoms with van der Waals surface area (Å²) in [5, 5.41) is 5.72. The first-order valence-electron chi connectivity index (χ1n) is 7.84. The lowest BCUT2D eigenvalue weighted by atomic mass is 10.0. The number of nitrogens with one attached hydrogen (secondary N) is 2. The minimum atomic E-state index is -0.354. The minimum Gasteiger partial charge on any atom is -0.352 e. The Hall–Kier alpha value is -1.59. The maximum Gasteiger partial charge on any atom is 0.239 e. The monoisotopic (exact) mass is 295 g/mol. The van der Waals surface area contributed by atoms with Crippen molar-refractivity contribution in [2.45, 2.75) is 57.4 Å². The maximum absolute atomic E-state index is 12.0. The average Bonchev–Trinajstić information content (AvgIpc) is 2.77. The molecule has 0 aromatic rings. The first-order valence-corrected chi connectivity index (χ1v) is 7.84. The maximum atomic E-state index is 12.0. The van der Waals surface area contributed by atoms with Crippen molar-refractivity contribution in [1.29, 1.82) is 0 Å². The Labute approximate surface area is 125 Å². The number of nitrogens with zero attached hydrogens (tertiary/aromatic N) is 1. The highest BCUT2D eigenvalue weighted by Gasteiger charge is 2.33. The van der Waals surface area contributed by atoms with Crippen LogP contribution in [0.15, 0.2) is 0 Å². The van der Waals surface area contributed by atoms with Gasteiger partial charge in [0.25, 0.3) is 0 Å². The first-order chi connectivity index (χ1) is 9.98. The van der Waals surface area contributed by atoms with Crippen LogP contribution in [0.3, 0.4) is 0 Å². The van der Waals surface area contributed by atoms with Crippen LogP contribution in [0, 0.1) is 0 Å². The topological polar surface area (TPSA) is 78.5 Å². The van der Waals surface area contributed by atoms with Gasteiger partial charge in [0, 0.05) is 25.9 Å². The van der Waals surface area contributed by atoms with Crippen LogP contribution in [0.2, 0.25) is 0 Å². The Bertz CT molecular complexity index is 424. The Balaban J connectivity index is 1.77. The van der Waals surface area contributed by atoms with Gasteiger partial charge in [0.2, 0.25) is 17.7 Å². The van der Waals surface area contributed by atoms with Crippen LogP contribution < -0.4 is 10.6 Å². The van der Waals surface area contributed by atoms with Crippen LogP contribution in [0.5, 0.6) is 0 Å².